The van der Waals surface area contributed by atoms with Crippen molar-refractivity contribution in [3.8, 4) is 17.3 Å². The summed E-state index contributed by atoms with van der Waals surface area (Å²) >= 11 is 0. The second-order valence-corrected chi connectivity index (χ2v) is 13.0. The molecular weight excluding hydrogens is 540 g/mol. The normalized spacial score (nSPS) is 27.1. The quantitative estimate of drug-likeness (QED) is 0.289. The first-order valence-electron chi connectivity index (χ1n) is 15.3. The van der Waals surface area contributed by atoms with E-state index in [2.05, 4.69) is 15.1 Å². The third-order valence-electron chi connectivity index (χ3n) is 10.3. The van der Waals surface area contributed by atoms with Crippen LogP contribution in [-0.2, 0) is 10.2 Å². The number of halogens is 2. The summed E-state index contributed by atoms with van der Waals surface area (Å²) in [6, 6.07) is 9.87. The molecule has 10 heteroatoms. The van der Waals surface area contributed by atoms with Crippen LogP contribution in [0.15, 0.2) is 41.1 Å². The van der Waals surface area contributed by atoms with E-state index in [1.165, 1.54) is 7.11 Å². The Balaban J connectivity index is 1.15. The molecule has 42 heavy (non-hydrogen) atoms. The first kappa shape index (κ1) is 27.4. The Labute approximate surface area is 244 Å². The highest BCUT2D eigenvalue weighted by Gasteiger charge is 2.53. The summed E-state index contributed by atoms with van der Waals surface area (Å²) in [5.74, 6) is -1.03. The zero-order valence-corrected chi connectivity index (χ0v) is 24.0. The van der Waals surface area contributed by atoms with Gasteiger partial charge in [-0.25, -0.2) is 13.8 Å². The summed E-state index contributed by atoms with van der Waals surface area (Å²) in [5, 5.41) is 4.29. The highest BCUT2D eigenvalue weighted by Crippen LogP contribution is 2.58. The summed E-state index contributed by atoms with van der Waals surface area (Å²) in [7, 11) is 1.52. The predicted octanol–water partition coefficient (Wildman–Crippen LogP) is 6.86. The van der Waals surface area contributed by atoms with Gasteiger partial charge >= 0.3 is 6.01 Å². The van der Waals surface area contributed by atoms with Crippen LogP contribution in [0.1, 0.15) is 94.7 Å². The Bertz CT molecular complexity index is 1440. The van der Waals surface area contributed by atoms with Crippen LogP contribution in [0, 0.1) is 11.3 Å². The molecule has 5 saturated carbocycles. The minimum absolute atomic E-state index is 0.0382. The molecule has 2 bridgehead atoms. The summed E-state index contributed by atoms with van der Waals surface area (Å²) < 4.78 is 39.1. The smallest absolute Gasteiger partial charge is 0.316 e. The number of carbonyl (C=O) groups excluding carboxylic acids is 1. The van der Waals surface area contributed by atoms with E-state index in [1.54, 1.807) is 6.20 Å². The number of alkyl halides is 2. The van der Waals surface area contributed by atoms with Gasteiger partial charge in [0.2, 0.25) is 17.7 Å². The number of rotatable bonds is 8. The number of amides is 1. The molecule has 1 amide bonds. The molecule has 0 spiro atoms. The van der Waals surface area contributed by atoms with Gasteiger partial charge in [-0.2, -0.15) is 9.97 Å². The Hall–Kier alpha value is -3.43. The maximum atomic E-state index is 14.2. The molecule has 0 radical (unpaired) electrons. The lowest BCUT2D eigenvalue weighted by atomic mass is 9.53. The molecule has 0 aliphatic heterocycles. The minimum atomic E-state index is -2.68. The molecule has 5 fully saturated rings. The number of benzene rings is 1. The fourth-order valence-electron chi connectivity index (χ4n) is 7.35. The van der Waals surface area contributed by atoms with E-state index in [9.17, 15) is 13.6 Å². The van der Waals surface area contributed by atoms with Crippen molar-refractivity contribution in [1.82, 2.24) is 20.1 Å². The summed E-state index contributed by atoms with van der Waals surface area (Å²) in [6.45, 7) is 0.572. The van der Waals surface area contributed by atoms with E-state index in [-0.39, 0.29) is 48.4 Å². The Morgan fingerprint density at radius 2 is 1.74 bits per heavy atom. The van der Waals surface area contributed by atoms with Crippen LogP contribution < -0.4 is 9.64 Å². The Kier molecular flexibility index (Phi) is 6.77. The van der Waals surface area contributed by atoms with Crippen LogP contribution in [0.5, 0.6) is 6.01 Å². The van der Waals surface area contributed by atoms with Crippen LogP contribution >= 0.6 is 0 Å². The molecule has 8 rings (SSSR count). The van der Waals surface area contributed by atoms with Gasteiger partial charge in [-0.1, -0.05) is 17.3 Å². The molecule has 5 aliphatic rings. The van der Waals surface area contributed by atoms with Gasteiger partial charge in [0.1, 0.15) is 0 Å². The van der Waals surface area contributed by atoms with E-state index in [0.717, 1.165) is 74.3 Å². The van der Waals surface area contributed by atoms with Crippen LogP contribution in [0.3, 0.4) is 0 Å². The lowest BCUT2D eigenvalue weighted by Crippen LogP contribution is -2.52. The lowest BCUT2D eigenvalue weighted by Gasteiger charge is -2.53. The first-order chi connectivity index (χ1) is 20.3. The molecule has 2 aromatic heterocycles. The third-order valence-corrected chi connectivity index (χ3v) is 10.3. The van der Waals surface area contributed by atoms with Crippen molar-refractivity contribution in [2.24, 2.45) is 11.3 Å². The number of fused-ring (bicyclic) bond motifs is 3. The van der Waals surface area contributed by atoms with E-state index in [0.29, 0.717) is 18.2 Å². The number of nitrogens with zero attached hydrogens (tertiary/aromatic N) is 5. The van der Waals surface area contributed by atoms with E-state index in [1.807, 2.05) is 35.2 Å². The number of anilines is 1. The summed E-state index contributed by atoms with van der Waals surface area (Å²) in [6.07, 6.45) is 9.63. The van der Waals surface area contributed by atoms with Gasteiger partial charge in [0, 0.05) is 54.1 Å². The molecule has 0 saturated heterocycles. The molecule has 0 unspecified atom stereocenters. The second-order valence-electron chi connectivity index (χ2n) is 13.0. The zero-order valence-electron chi connectivity index (χ0n) is 24.0. The SMILES string of the molecule is COc1nccc(-c2cccc(N(CC34CCC(c5nc(C6CC6)no5)(CC3)CC4)C(=O)C3CCC(F)(F)CC3)c2)n1. The Morgan fingerprint density at radius 1 is 1.00 bits per heavy atom. The average Bonchev–Trinajstić information content (AvgIpc) is 3.76. The van der Waals surface area contributed by atoms with Crippen molar-refractivity contribution in [3.05, 3.63) is 48.2 Å². The number of hydrogen-bond acceptors (Lipinski definition) is 7. The van der Waals surface area contributed by atoms with Gasteiger partial charge in [-0.05, 0) is 87.8 Å². The highest BCUT2D eigenvalue weighted by atomic mass is 19.3. The van der Waals surface area contributed by atoms with Crippen molar-refractivity contribution in [2.75, 3.05) is 18.6 Å². The van der Waals surface area contributed by atoms with Crippen molar-refractivity contribution in [2.45, 2.75) is 94.3 Å². The van der Waals surface area contributed by atoms with Gasteiger partial charge in [0.25, 0.3) is 0 Å². The molecule has 0 N–H and O–H groups in total. The van der Waals surface area contributed by atoms with Crippen LogP contribution in [0.4, 0.5) is 14.5 Å². The molecule has 222 valence electrons. The van der Waals surface area contributed by atoms with Gasteiger partial charge in [0.15, 0.2) is 5.82 Å². The minimum Gasteiger partial charge on any atom is -0.467 e. The standard InChI is InChI=1S/C32H37F2N5O3/c1-41-29-35-18-9-25(36-29)23-3-2-4-24(19-23)39(27(40)22-7-10-32(33,34)11-8-22)20-30-12-15-31(16-13-30,17-14-30)28-37-26(38-42-28)21-5-6-21/h2-4,9,18-19,21-22H,5-8,10-17,20H2,1H3. The van der Waals surface area contributed by atoms with E-state index < -0.39 is 11.8 Å². The van der Waals surface area contributed by atoms with Crippen LogP contribution in [0.25, 0.3) is 11.3 Å². The maximum absolute atomic E-state index is 14.2. The summed E-state index contributed by atoms with van der Waals surface area (Å²) in [5.41, 5.74) is 2.20. The summed E-state index contributed by atoms with van der Waals surface area (Å²) in [4.78, 5) is 29.5. The number of methoxy groups -OCH3 is 1. The molecule has 3 aromatic rings. The van der Waals surface area contributed by atoms with Gasteiger partial charge in [-0.15, -0.1) is 0 Å². The van der Waals surface area contributed by atoms with Crippen molar-refractivity contribution in [1.29, 1.82) is 0 Å². The largest absolute Gasteiger partial charge is 0.467 e. The van der Waals surface area contributed by atoms with Crippen molar-refractivity contribution < 1.29 is 22.8 Å². The average molecular weight is 578 g/mol. The molecule has 2 heterocycles. The number of aromatic nitrogens is 4. The molecule has 8 nitrogen and oxygen atoms in total. The molecule has 0 atom stereocenters. The molecule has 5 aliphatic carbocycles. The topological polar surface area (TPSA) is 94.2 Å². The number of carbonyl (C=O) groups is 1. The molecular formula is C32H37F2N5O3. The van der Waals surface area contributed by atoms with E-state index in [4.69, 9.17) is 14.2 Å². The second kappa shape index (κ2) is 10.4. The van der Waals surface area contributed by atoms with Crippen molar-refractivity contribution >= 4 is 11.6 Å². The van der Waals surface area contributed by atoms with Gasteiger partial charge in [0.05, 0.1) is 12.8 Å². The fourth-order valence-corrected chi connectivity index (χ4v) is 7.35. The van der Waals surface area contributed by atoms with E-state index >= 15 is 0 Å². The first-order valence-corrected chi connectivity index (χ1v) is 15.3. The Morgan fingerprint density at radius 3 is 2.43 bits per heavy atom. The maximum Gasteiger partial charge on any atom is 0.316 e. The zero-order chi connectivity index (χ0) is 29.0. The van der Waals surface area contributed by atoms with Crippen LogP contribution in [0.2, 0.25) is 0 Å². The van der Waals surface area contributed by atoms with Crippen LogP contribution in [-0.4, -0.2) is 45.6 Å². The lowest BCUT2D eigenvalue weighted by molar-refractivity contribution is -0.127. The van der Waals surface area contributed by atoms with Crippen molar-refractivity contribution in [3.63, 3.8) is 0 Å². The number of ether oxygens (including phenoxy) is 1. The molecule has 1 aromatic carbocycles. The monoisotopic (exact) mass is 577 g/mol. The predicted molar refractivity (Wildman–Crippen MR) is 151 cm³/mol. The highest BCUT2D eigenvalue weighted by molar-refractivity contribution is 5.95. The fraction of sp³-hybridized carbons (Fsp3) is 0.594. The van der Waals surface area contributed by atoms with Gasteiger partial charge < -0.3 is 14.2 Å². The number of hydrogen-bond donors (Lipinski definition) is 0. The van der Waals surface area contributed by atoms with Gasteiger partial charge in [-0.3, -0.25) is 4.79 Å². The third kappa shape index (κ3) is 5.17.